The van der Waals surface area contributed by atoms with Crippen molar-refractivity contribution in [1.29, 1.82) is 0 Å². The summed E-state index contributed by atoms with van der Waals surface area (Å²) in [5.41, 5.74) is 3.00. The molecule has 2 N–H and O–H groups in total. The van der Waals surface area contributed by atoms with E-state index in [4.69, 9.17) is 17.3 Å². The molecule has 212 valence electrons. The van der Waals surface area contributed by atoms with Crippen LogP contribution in [0.1, 0.15) is 48.0 Å². The number of nitrogens with two attached hydrogens (primary N) is 1. The number of benzene rings is 2. The molecule has 1 unspecified atom stereocenters. The van der Waals surface area contributed by atoms with E-state index in [2.05, 4.69) is 4.90 Å². The molecular formula is C28H31ClF5N3O2. The highest BCUT2D eigenvalue weighted by Gasteiger charge is 2.73. The Morgan fingerprint density at radius 2 is 1.49 bits per heavy atom. The van der Waals surface area contributed by atoms with Gasteiger partial charge in [0.05, 0.1) is 5.02 Å². The molecule has 5 nitrogen and oxygen atoms in total. The lowest BCUT2D eigenvalue weighted by Crippen LogP contribution is -2.68. The zero-order valence-corrected chi connectivity index (χ0v) is 22.0. The molecule has 0 aromatic heterocycles. The second-order valence-corrected chi connectivity index (χ2v) is 10.9. The zero-order chi connectivity index (χ0) is 28.4. The molecule has 0 radical (unpaired) electrons. The van der Waals surface area contributed by atoms with E-state index < -0.39 is 29.1 Å². The Morgan fingerprint density at radius 1 is 0.923 bits per heavy atom. The highest BCUT2D eigenvalue weighted by atomic mass is 35.5. The second-order valence-electron chi connectivity index (χ2n) is 10.5. The molecule has 2 aromatic rings. The first kappa shape index (κ1) is 29.3. The zero-order valence-electron chi connectivity index (χ0n) is 21.3. The van der Waals surface area contributed by atoms with Crippen LogP contribution in [0.2, 0.25) is 5.02 Å². The summed E-state index contributed by atoms with van der Waals surface area (Å²) in [6.07, 6.45) is -1.50. The molecule has 2 aliphatic rings. The third kappa shape index (κ3) is 5.77. The van der Waals surface area contributed by atoms with E-state index >= 15 is 0 Å². The summed E-state index contributed by atoms with van der Waals surface area (Å²) in [5, 5.41) is 0.410. The van der Waals surface area contributed by atoms with Crippen LogP contribution in [0.4, 0.5) is 27.6 Å². The summed E-state index contributed by atoms with van der Waals surface area (Å²) in [6.45, 7) is 1.78. The maximum Gasteiger partial charge on any atom is 0.456 e. The van der Waals surface area contributed by atoms with Crippen LogP contribution in [0.3, 0.4) is 0 Å². The van der Waals surface area contributed by atoms with Gasteiger partial charge in [0.1, 0.15) is 0 Å². The Balaban J connectivity index is 1.35. The minimum atomic E-state index is -6.00. The van der Waals surface area contributed by atoms with E-state index in [0.29, 0.717) is 35.6 Å². The average Bonchev–Trinajstić information content (AvgIpc) is 2.93. The van der Waals surface area contributed by atoms with E-state index in [0.717, 1.165) is 55.1 Å². The molecule has 2 saturated heterocycles. The Labute approximate surface area is 229 Å². The third-order valence-corrected chi connectivity index (χ3v) is 8.40. The molecule has 0 bridgehead atoms. The summed E-state index contributed by atoms with van der Waals surface area (Å²) in [6, 6.07) is 11.4. The van der Waals surface area contributed by atoms with Crippen LogP contribution in [0.5, 0.6) is 0 Å². The van der Waals surface area contributed by atoms with Crippen LogP contribution in [0.25, 0.3) is 0 Å². The lowest BCUT2D eigenvalue weighted by atomic mass is 9.80. The summed E-state index contributed by atoms with van der Waals surface area (Å²) < 4.78 is 69.8. The number of carbonyl (C=O) groups is 2. The first-order valence-corrected chi connectivity index (χ1v) is 13.3. The molecule has 0 spiro atoms. The molecule has 0 aliphatic carbocycles. The Morgan fingerprint density at radius 3 is 2.00 bits per heavy atom. The molecular weight excluding hydrogens is 541 g/mol. The smallest absolute Gasteiger partial charge is 0.371 e. The quantitative estimate of drug-likeness (QED) is 0.325. The van der Waals surface area contributed by atoms with Gasteiger partial charge in [-0.15, -0.1) is 0 Å². The molecule has 1 atom stereocenters. The molecule has 11 heteroatoms. The number of halogens is 6. The fourth-order valence-electron chi connectivity index (χ4n) is 5.69. The van der Waals surface area contributed by atoms with Gasteiger partial charge in [-0.05, 0) is 67.7 Å². The summed E-state index contributed by atoms with van der Waals surface area (Å²) in [4.78, 5) is 27.5. The largest absolute Gasteiger partial charge is 0.456 e. The lowest BCUT2D eigenvalue weighted by molar-refractivity contribution is -0.306. The number of hydrogen-bond acceptors (Lipinski definition) is 4. The first-order chi connectivity index (χ1) is 18.4. The van der Waals surface area contributed by atoms with E-state index in [1.165, 1.54) is 18.2 Å². The Bertz CT molecular complexity index is 1160. The number of aldehydes is 1. The normalized spacial score (nSPS) is 19.6. The summed E-state index contributed by atoms with van der Waals surface area (Å²) in [5.74, 6) is -6.20. The number of amides is 1. The second kappa shape index (κ2) is 11.4. The molecule has 2 aliphatic heterocycles. The molecule has 1 amide bonds. The van der Waals surface area contributed by atoms with Gasteiger partial charge in [0.15, 0.2) is 11.8 Å². The van der Waals surface area contributed by atoms with Crippen molar-refractivity contribution in [2.24, 2.45) is 17.6 Å². The van der Waals surface area contributed by atoms with Crippen LogP contribution in [0.15, 0.2) is 48.5 Å². The van der Waals surface area contributed by atoms with Crippen molar-refractivity contribution in [2.45, 2.75) is 49.7 Å². The molecule has 2 aromatic carbocycles. The maximum atomic E-state index is 14.7. The number of hydrogen-bond donors (Lipinski definition) is 1. The van der Waals surface area contributed by atoms with Gasteiger partial charge in [-0.2, -0.15) is 22.0 Å². The average molecular weight is 572 g/mol. The van der Waals surface area contributed by atoms with Crippen molar-refractivity contribution < 1.29 is 31.5 Å². The Hall–Kier alpha value is -2.72. The number of piperidine rings is 2. The number of nitrogens with zero attached hydrogens (tertiary/aromatic N) is 2. The van der Waals surface area contributed by atoms with Crippen molar-refractivity contribution in [3.05, 3.63) is 64.7 Å². The monoisotopic (exact) mass is 571 g/mol. The van der Waals surface area contributed by atoms with Crippen molar-refractivity contribution in [1.82, 2.24) is 4.90 Å². The number of anilines is 1. The molecule has 2 fully saturated rings. The molecule has 2 heterocycles. The predicted octanol–water partition coefficient (Wildman–Crippen LogP) is 6.05. The van der Waals surface area contributed by atoms with Gasteiger partial charge >= 0.3 is 12.1 Å². The number of likely N-dealkylation sites (tertiary alicyclic amines) is 1. The Kier molecular flexibility index (Phi) is 8.56. The van der Waals surface area contributed by atoms with Gasteiger partial charge in [0.25, 0.3) is 5.91 Å². The van der Waals surface area contributed by atoms with Gasteiger partial charge in [0, 0.05) is 37.4 Å². The minimum Gasteiger partial charge on any atom is -0.371 e. The van der Waals surface area contributed by atoms with Crippen LogP contribution >= 0.6 is 11.6 Å². The third-order valence-electron chi connectivity index (χ3n) is 8.08. The standard InChI is InChI=1S/C28H31ClF5N3O2/c29-24-17-23(7-6-21(24)18-38)36-12-8-19(9-13-36)16-20-10-14-37(15-11-20)25(39)26(35,22-4-2-1-3-5-22)27(30,31)28(32,33)34/h1-7,17-20H,8-16,35H2. The molecule has 39 heavy (non-hydrogen) atoms. The van der Waals surface area contributed by atoms with Crippen molar-refractivity contribution in [3.8, 4) is 0 Å². The lowest BCUT2D eigenvalue weighted by Gasteiger charge is -2.43. The number of carbonyl (C=O) groups excluding carboxylic acids is 2. The van der Waals surface area contributed by atoms with Crippen LogP contribution < -0.4 is 10.6 Å². The fourth-order valence-corrected chi connectivity index (χ4v) is 5.91. The van der Waals surface area contributed by atoms with Crippen molar-refractivity contribution in [3.63, 3.8) is 0 Å². The van der Waals surface area contributed by atoms with E-state index in [1.807, 2.05) is 6.07 Å². The topological polar surface area (TPSA) is 66.6 Å². The van der Waals surface area contributed by atoms with Gasteiger partial charge < -0.3 is 15.5 Å². The molecule has 4 rings (SSSR count). The first-order valence-electron chi connectivity index (χ1n) is 13.0. The highest BCUT2D eigenvalue weighted by Crippen LogP contribution is 2.48. The van der Waals surface area contributed by atoms with E-state index in [1.54, 1.807) is 12.1 Å². The number of alkyl halides is 5. The minimum absolute atomic E-state index is 0.0731. The van der Waals surface area contributed by atoms with Gasteiger partial charge in [-0.25, -0.2) is 0 Å². The summed E-state index contributed by atoms with van der Waals surface area (Å²) >= 11 is 6.16. The SMILES string of the molecule is NC(C(=O)N1CCC(CC2CCN(c3ccc(C=O)c(Cl)c3)CC2)CC1)(c1ccccc1)C(F)(F)C(F)(F)F. The van der Waals surface area contributed by atoms with Gasteiger partial charge in [-0.3, -0.25) is 9.59 Å². The van der Waals surface area contributed by atoms with Crippen molar-refractivity contribution >= 4 is 29.5 Å². The maximum absolute atomic E-state index is 14.7. The van der Waals surface area contributed by atoms with Crippen LogP contribution in [-0.2, 0) is 10.3 Å². The van der Waals surface area contributed by atoms with Crippen LogP contribution in [0, 0.1) is 11.8 Å². The van der Waals surface area contributed by atoms with Gasteiger partial charge in [-0.1, -0.05) is 41.9 Å². The van der Waals surface area contributed by atoms with E-state index in [9.17, 15) is 31.5 Å². The van der Waals surface area contributed by atoms with Gasteiger partial charge in [0.2, 0.25) is 0 Å². The predicted molar refractivity (Wildman–Crippen MR) is 139 cm³/mol. The highest BCUT2D eigenvalue weighted by molar-refractivity contribution is 6.33. The number of rotatable bonds is 7. The fraction of sp³-hybridized carbons (Fsp3) is 0.500. The van der Waals surface area contributed by atoms with Crippen LogP contribution in [-0.4, -0.2) is 55.4 Å². The summed E-state index contributed by atoms with van der Waals surface area (Å²) in [7, 11) is 0. The molecule has 0 saturated carbocycles. The van der Waals surface area contributed by atoms with E-state index in [-0.39, 0.29) is 19.0 Å². The van der Waals surface area contributed by atoms with Crippen molar-refractivity contribution in [2.75, 3.05) is 31.1 Å².